The Morgan fingerprint density at radius 1 is 1.20 bits per heavy atom. The predicted octanol–water partition coefficient (Wildman–Crippen LogP) is 6.60. The van der Waals surface area contributed by atoms with E-state index in [2.05, 4.69) is 6.92 Å². The molecule has 0 aliphatic heterocycles. The number of thioether (sulfide) groups is 1. The standard InChI is InChI=1S/C24H29FO4S/c1-4-5-6-13-29-21-14-17(15-30-19-10-8-18(25)9-11-19)22(24(27)28)23(26)20(21)12-7-16(2)3/h7-11,14,26H,4-6,12-13,15H2,1-3H3,(H,27,28). The highest BCUT2D eigenvalue weighted by Crippen LogP contribution is 2.38. The minimum absolute atomic E-state index is 0.109. The SMILES string of the molecule is CCCCCOc1cc(CSc2ccc(F)cc2)c(C(=O)O)c(O)c1CC=C(C)C. The van der Waals surface area contributed by atoms with Crippen LogP contribution in [-0.2, 0) is 12.2 Å². The number of phenols is 1. The Kier molecular flexibility index (Phi) is 9.24. The second-order valence-electron chi connectivity index (χ2n) is 7.32. The van der Waals surface area contributed by atoms with E-state index in [0.717, 1.165) is 29.7 Å². The largest absolute Gasteiger partial charge is 0.507 e. The van der Waals surface area contributed by atoms with E-state index >= 15 is 0 Å². The number of hydrogen-bond acceptors (Lipinski definition) is 4. The van der Waals surface area contributed by atoms with Gasteiger partial charge in [0.25, 0.3) is 0 Å². The van der Waals surface area contributed by atoms with Crippen molar-refractivity contribution in [3.05, 3.63) is 64.5 Å². The van der Waals surface area contributed by atoms with Crippen molar-refractivity contribution in [3.8, 4) is 11.5 Å². The Morgan fingerprint density at radius 3 is 2.50 bits per heavy atom. The fourth-order valence-corrected chi connectivity index (χ4v) is 3.83. The van der Waals surface area contributed by atoms with Crippen LogP contribution in [0.3, 0.4) is 0 Å². The summed E-state index contributed by atoms with van der Waals surface area (Å²) in [6, 6.07) is 7.74. The molecular formula is C24H29FO4S. The van der Waals surface area contributed by atoms with Gasteiger partial charge in [-0.15, -0.1) is 11.8 Å². The molecule has 0 aliphatic rings. The van der Waals surface area contributed by atoms with E-state index in [1.807, 2.05) is 19.9 Å². The van der Waals surface area contributed by atoms with Crippen LogP contribution in [0.4, 0.5) is 4.39 Å². The average Bonchev–Trinajstić information content (AvgIpc) is 2.69. The number of hydrogen-bond donors (Lipinski definition) is 2. The fourth-order valence-electron chi connectivity index (χ4n) is 2.95. The third kappa shape index (κ3) is 6.80. The summed E-state index contributed by atoms with van der Waals surface area (Å²) in [5, 5.41) is 20.6. The zero-order valence-electron chi connectivity index (χ0n) is 17.7. The number of aromatic hydroxyl groups is 1. The molecule has 0 saturated heterocycles. The second-order valence-corrected chi connectivity index (χ2v) is 8.37. The number of carbonyl (C=O) groups is 1. The lowest BCUT2D eigenvalue weighted by molar-refractivity contribution is 0.0692. The van der Waals surface area contributed by atoms with Crippen LogP contribution in [0, 0.1) is 5.82 Å². The number of aromatic carboxylic acids is 1. The van der Waals surface area contributed by atoms with Crippen molar-refractivity contribution in [2.24, 2.45) is 0 Å². The molecule has 4 nitrogen and oxygen atoms in total. The smallest absolute Gasteiger partial charge is 0.339 e. The summed E-state index contributed by atoms with van der Waals surface area (Å²) in [7, 11) is 0. The van der Waals surface area contributed by atoms with Crippen molar-refractivity contribution in [1.29, 1.82) is 0 Å². The molecule has 0 aromatic heterocycles. The summed E-state index contributed by atoms with van der Waals surface area (Å²) in [6.45, 7) is 6.51. The van der Waals surface area contributed by atoms with E-state index in [-0.39, 0.29) is 17.1 Å². The molecule has 0 unspecified atom stereocenters. The van der Waals surface area contributed by atoms with E-state index in [9.17, 15) is 19.4 Å². The Bertz CT molecular complexity index is 887. The van der Waals surface area contributed by atoms with E-state index in [1.165, 1.54) is 23.9 Å². The van der Waals surface area contributed by atoms with Gasteiger partial charge in [-0.1, -0.05) is 31.4 Å². The molecular weight excluding hydrogens is 403 g/mol. The molecule has 30 heavy (non-hydrogen) atoms. The number of halogens is 1. The van der Waals surface area contributed by atoms with Crippen LogP contribution in [0.5, 0.6) is 11.5 Å². The van der Waals surface area contributed by atoms with Gasteiger partial charge in [0.05, 0.1) is 6.61 Å². The predicted molar refractivity (Wildman–Crippen MR) is 119 cm³/mol. The topological polar surface area (TPSA) is 66.8 Å². The number of unbranched alkanes of at least 4 members (excludes halogenated alkanes) is 2. The zero-order chi connectivity index (χ0) is 22.1. The maximum atomic E-state index is 13.1. The first-order chi connectivity index (χ1) is 14.3. The van der Waals surface area contributed by atoms with Gasteiger partial charge in [-0.2, -0.15) is 0 Å². The van der Waals surface area contributed by atoms with Crippen LogP contribution >= 0.6 is 11.8 Å². The highest BCUT2D eigenvalue weighted by Gasteiger charge is 2.23. The van der Waals surface area contributed by atoms with Crippen molar-refractivity contribution in [1.82, 2.24) is 0 Å². The zero-order valence-corrected chi connectivity index (χ0v) is 18.5. The molecule has 2 aromatic rings. The Hall–Kier alpha value is -2.47. The number of ether oxygens (including phenoxy) is 1. The van der Waals surface area contributed by atoms with E-state index in [0.29, 0.717) is 35.7 Å². The van der Waals surface area contributed by atoms with Crippen LogP contribution in [0.25, 0.3) is 0 Å². The molecule has 0 radical (unpaired) electrons. The Morgan fingerprint density at radius 2 is 1.90 bits per heavy atom. The van der Waals surface area contributed by atoms with Gasteiger partial charge in [-0.3, -0.25) is 0 Å². The lowest BCUT2D eigenvalue weighted by Crippen LogP contribution is -2.08. The van der Waals surface area contributed by atoms with Gasteiger partial charge in [0, 0.05) is 16.2 Å². The van der Waals surface area contributed by atoms with Gasteiger partial charge in [0.15, 0.2) is 0 Å². The van der Waals surface area contributed by atoms with Crippen LogP contribution < -0.4 is 4.74 Å². The first-order valence-corrected chi connectivity index (χ1v) is 11.1. The minimum atomic E-state index is -1.18. The first kappa shape index (κ1) is 23.8. The highest BCUT2D eigenvalue weighted by molar-refractivity contribution is 7.98. The summed E-state index contributed by atoms with van der Waals surface area (Å²) < 4.78 is 19.1. The number of benzene rings is 2. The normalized spacial score (nSPS) is 10.7. The minimum Gasteiger partial charge on any atom is -0.507 e. The molecule has 0 spiro atoms. The molecule has 0 amide bonds. The average molecular weight is 433 g/mol. The van der Waals surface area contributed by atoms with Crippen LogP contribution in [0.1, 0.15) is 61.5 Å². The molecule has 2 N–H and O–H groups in total. The molecule has 0 atom stereocenters. The molecule has 0 saturated carbocycles. The van der Waals surface area contributed by atoms with Gasteiger partial charge in [0.2, 0.25) is 0 Å². The lowest BCUT2D eigenvalue weighted by Gasteiger charge is -2.17. The molecule has 0 fully saturated rings. The summed E-state index contributed by atoms with van der Waals surface area (Å²) in [5.41, 5.74) is 1.92. The summed E-state index contributed by atoms with van der Waals surface area (Å²) in [5.74, 6) is -0.925. The van der Waals surface area contributed by atoms with Gasteiger partial charge < -0.3 is 14.9 Å². The van der Waals surface area contributed by atoms with Gasteiger partial charge in [-0.05, 0) is 62.6 Å². The first-order valence-electron chi connectivity index (χ1n) is 10.1. The van der Waals surface area contributed by atoms with Gasteiger partial charge in [-0.25, -0.2) is 9.18 Å². The van der Waals surface area contributed by atoms with Crippen molar-refractivity contribution >= 4 is 17.7 Å². The third-order valence-electron chi connectivity index (χ3n) is 4.59. The molecule has 0 heterocycles. The van der Waals surface area contributed by atoms with Crippen molar-refractivity contribution < 1.29 is 24.1 Å². The highest BCUT2D eigenvalue weighted by atomic mass is 32.2. The second kappa shape index (κ2) is 11.6. The van der Waals surface area contributed by atoms with Crippen LogP contribution in [-0.4, -0.2) is 22.8 Å². The molecule has 2 aromatic carbocycles. The molecule has 6 heteroatoms. The number of rotatable bonds is 11. The number of carboxylic acids is 1. The van der Waals surface area contributed by atoms with Crippen molar-refractivity contribution in [3.63, 3.8) is 0 Å². The summed E-state index contributed by atoms with van der Waals surface area (Å²) >= 11 is 1.38. The maximum absolute atomic E-state index is 13.1. The molecule has 0 aliphatic carbocycles. The molecule has 2 rings (SSSR count). The van der Waals surface area contributed by atoms with Crippen molar-refractivity contribution in [2.75, 3.05) is 6.61 Å². The van der Waals surface area contributed by atoms with Crippen molar-refractivity contribution in [2.45, 2.75) is 57.1 Å². The van der Waals surface area contributed by atoms with E-state index < -0.39 is 5.97 Å². The number of carboxylic acid groups (broad SMARTS) is 1. The van der Waals surface area contributed by atoms with Crippen LogP contribution in [0.2, 0.25) is 0 Å². The Labute approximate surface area is 181 Å². The Balaban J connectivity index is 2.39. The van der Waals surface area contributed by atoms with E-state index in [4.69, 9.17) is 4.74 Å². The summed E-state index contributed by atoms with van der Waals surface area (Å²) in [6.07, 6.45) is 5.32. The van der Waals surface area contributed by atoms with Gasteiger partial charge >= 0.3 is 5.97 Å². The maximum Gasteiger partial charge on any atom is 0.339 e. The molecule has 162 valence electrons. The van der Waals surface area contributed by atoms with Crippen LogP contribution in [0.15, 0.2) is 46.9 Å². The van der Waals surface area contributed by atoms with E-state index in [1.54, 1.807) is 18.2 Å². The fraction of sp³-hybridized carbons (Fsp3) is 0.375. The third-order valence-corrected chi connectivity index (χ3v) is 5.65. The quantitative estimate of drug-likeness (QED) is 0.238. The summed E-state index contributed by atoms with van der Waals surface area (Å²) in [4.78, 5) is 12.7. The lowest BCUT2D eigenvalue weighted by atomic mass is 9.99. The monoisotopic (exact) mass is 432 g/mol. The number of allylic oxidation sites excluding steroid dienone is 2. The molecule has 0 bridgehead atoms. The van der Waals surface area contributed by atoms with Gasteiger partial charge in [0.1, 0.15) is 22.9 Å².